The molecule has 0 unspecified atom stereocenters. The first-order chi connectivity index (χ1) is 13.2. The van der Waals surface area contributed by atoms with Gasteiger partial charge in [-0.05, 0) is 23.6 Å². The molecule has 27 heavy (non-hydrogen) atoms. The molecule has 4 aromatic rings. The van der Waals surface area contributed by atoms with Gasteiger partial charge in [0.05, 0.1) is 11.0 Å². The quantitative estimate of drug-likeness (QED) is 0.357. The number of amides is 1. The SMILES string of the molecule is CCc1nc2ccccc2n1CC(=O)Nc1nnc(SCc2cccs2)s1. The molecule has 0 radical (unpaired) electrons. The van der Waals surface area contributed by atoms with Gasteiger partial charge in [-0.1, -0.05) is 48.2 Å². The van der Waals surface area contributed by atoms with E-state index in [0.717, 1.165) is 33.4 Å². The van der Waals surface area contributed by atoms with Crippen LogP contribution in [0.4, 0.5) is 5.13 Å². The highest BCUT2D eigenvalue weighted by Gasteiger charge is 2.14. The molecule has 0 bridgehead atoms. The van der Waals surface area contributed by atoms with Crippen molar-refractivity contribution in [2.75, 3.05) is 5.32 Å². The van der Waals surface area contributed by atoms with Crippen molar-refractivity contribution in [3.63, 3.8) is 0 Å². The van der Waals surface area contributed by atoms with E-state index in [4.69, 9.17) is 0 Å². The molecule has 3 heterocycles. The zero-order chi connectivity index (χ0) is 18.6. The highest BCUT2D eigenvalue weighted by Crippen LogP contribution is 2.29. The number of imidazole rings is 1. The molecule has 9 heteroatoms. The van der Waals surface area contributed by atoms with Crippen LogP contribution in [0.5, 0.6) is 0 Å². The summed E-state index contributed by atoms with van der Waals surface area (Å²) in [5.74, 6) is 1.64. The van der Waals surface area contributed by atoms with E-state index >= 15 is 0 Å². The predicted octanol–water partition coefficient (Wildman–Crippen LogP) is 4.44. The molecular formula is C18H17N5OS3. The molecule has 0 aliphatic heterocycles. The second kappa shape index (κ2) is 8.20. The lowest BCUT2D eigenvalue weighted by Gasteiger charge is -2.07. The van der Waals surface area contributed by atoms with Crippen LogP contribution in [0.25, 0.3) is 11.0 Å². The van der Waals surface area contributed by atoms with E-state index in [1.807, 2.05) is 41.8 Å². The lowest BCUT2D eigenvalue weighted by Crippen LogP contribution is -2.20. The summed E-state index contributed by atoms with van der Waals surface area (Å²) in [4.78, 5) is 18.4. The van der Waals surface area contributed by atoms with Crippen LogP contribution < -0.4 is 5.32 Å². The molecule has 0 saturated heterocycles. The fraction of sp³-hybridized carbons (Fsp3) is 0.222. The molecule has 1 aromatic carbocycles. The van der Waals surface area contributed by atoms with Crippen molar-refractivity contribution in [3.05, 3.63) is 52.5 Å². The van der Waals surface area contributed by atoms with Crippen molar-refractivity contribution in [2.24, 2.45) is 0 Å². The third-order valence-electron chi connectivity index (χ3n) is 3.92. The molecule has 4 rings (SSSR count). The number of benzene rings is 1. The van der Waals surface area contributed by atoms with E-state index in [1.165, 1.54) is 16.2 Å². The fourth-order valence-corrected chi connectivity index (χ4v) is 5.26. The lowest BCUT2D eigenvalue weighted by molar-refractivity contribution is -0.116. The smallest absolute Gasteiger partial charge is 0.246 e. The Bertz CT molecular complexity index is 1050. The summed E-state index contributed by atoms with van der Waals surface area (Å²) in [6.45, 7) is 2.25. The normalized spacial score (nSPS) is 11.1. The summed E-state index contributed by atoms with van der Waals surface area (Å²) in [6, 6.07) is 12.0. The Labute approximate surface area is 168 Å². The maximum atomic E-state index is 12.5. The number of carbonyl (C=O) groups is 1. The van der Waals surface area contributed by atoms with E-state index in [2.05, 4.69) is 31.9 Å². The molecule has 1 amide bonds. The second-order valence-electron chi connectivity index (χ2n) is 5.75. The van der Waals surface area contributed by atoms with Crippen LogP contribution in [0, 0.1) is 0 Å². The molecule has 0 fully saturated rings. The van der Waals surface area contributed by atoms with Gasteiger partial charge in [-0.3, -0.25) is 10.1 Å². The van der Waals surface area contributed by atoms with Crippen LogP contribution in [0.15, 0.2) is 46.1 Å². The summed E-state index contributed by atoms with van der Waals surface area (Å²) in [5, 5.41) is 13.7. The minimum Gasteiger partial charge on any atom is -0.318 e. The van der Waals surface area contributed by atoms with Crippen LogP contribution in [0.2, 0.25) is 0 Å². The topological polar surface area (TPSA) is 72.7 Å². The average molecular weight is 416 g/mol. The zero-order valence-corrected chi connectivity index (χ0v) is 17.0. The number of rotatable bonds is 7. The summed E-state index contributed by atoms with van der Waals surface area (Å²) in [6.07, 6.45) is 0.768. The monoisotopic (exact) mass is 415 g/mol. The largest absolute Gasteiger partial charge is 0.318 e. The number of thioether (sulfide) groups is 1. The molecular weight excluding hydrogens is 398 g/mol. The molecule has 1 N–H and O–H groups in total. The van der Waals surface area contributed by atoms with Crippen molar-refractivity contribution in [2.45, 2.75) is 30.0 Å². The number of carbonyl (C=O) groups excluding carboxylic acids is 1. The van der Waals surface area contributed by atoms with E-state index in [-0.39, 0.29) is 12.5 Å². The van der Waals surface area contributed by atoms with Gasteiger partial charge < -0.3 is 4.57 Å². The number of nitrogens with one attached hydrogen (secondary N) is 1. The van der Waals surface area contributed by atoms with Crippen LogP contribution in [-0.2, 0) is 23.5 Å². The third-order valence-corrected chi connectivity index (χ3v) is 7.00. The molecule has 138 valence electrons. The van der Waals surface area contributed by atoms with Crippen LogP contribution >= 0.6 is 34.4 Å². The Balaban J connectivity index is 1.41. The van der Waals surface area contributed by atoms with E-state index < -0.39 is 0 Å². The minimum atomic E-state index is -0.126. The Hall–Kier alpha value is -2.23. The van der Waals surface area contributed by atoms with Crippen LogP contribution in [-0.4, -0.2) is 25.7 Å². The van der Waals surface area contributed by atoms with Crippen LogP contribution in [0.3, 0.4) is 0 Å². The number of anilines is 1. The molecule has 0 atom stereocenters. The fourth-order valence-electron chi connectivity index (χ4n) is 2.72. The number of nitrogens with zero attached hydrogens (tertiary/aromatic N) is 4. The molecule has 0 saturated carbocycles. The first-order valence-corrected chi connectivity index (χ1v) is 11.1. The van der Waals surface area contributed by atoms with Crippen molar-refractivity contribution >= 4 is 56.5 Å². The summed E-state index contributed by atoms with van der Waals surface area (Å²) in [5.41, 5.74) is 1.87. The van der Waals surface area contributed by atoms with Gasteiger partial charge >= 0.3 is 0 Å². The third kappa shape index (κ3) is 4.20. The average Bonchev–Trinajstić information content (AvgIpc) is 3.40. The highest BCUT2D eigenvalue weighted by atomic mass is 32.2. The van der Waals surface area contributed by atoms with Gasteiger partial charge in [-0.25, -0.2) is 4.98 Å². The number of hydrogen-bond donors (Lipinski definition) is 1. The van der Waals surface area contributed by atoms with Crippen molar-refractivity contribution in [3.8, 4) is 0 Å². The number of fused-ring (bicyclic) bond motifs is 1. The van der Waals surface area contributed by atoms with Crippen molar-refractivity contribution in [1.29, 1.82) is 0 Å². The van der Waals surface area contributed by atoms with Gasteiger partial charge in [0.15, 0.2) is 4.34 Å². The summed E-state index contributed by atoms with van der Waals surface area (Å²) in [7, 11) is 0. The number of para-hydroxylation sites is 2. The minimum absolute atomic E-state index is 0.126. The first-order valence-electron chi connectivity index (χ1n) is 8.45. The summed E-state index contributed by atoms with van der Waals surface area (Å²) < 4.78 is 2.80. The van der Waals surface area contributed by atoms with Crippen LogP contribution in [0.1, 0.15) is 17.6 Å². The highest BCUT2D eigenvalue weighted by molar-refractivity contribution is 8.00. The van der Waals surface area contributed by atoms with E-state index in [9.17, 15) is 4.79 Å². The lowest BCUT2D eigenvalue weighted by atomic mass is 10.3. The zero-order valence-electron chi connectivity index (χ0n) is 14.6. The number of aromatic nitrogens is 4. The maximum Gasteiger partial charge on any atom is 0.246 e. The standard InChI is InChI=1S/C18H17N5OS3/c1-2-15-19-13-7-3-4-8-14(13)23(15)10-16(24)20-17-21-22-18(27-17)26-11-12-6-5-9-25-12/h3-9H,2,10-11H2,1H3,(H,20,21,24). The number of thiophene rings is 1. The second-order valence-corrected chi connectivity index (χ2v) is 8.98. The molecule has 0 aliphatic rings. The van der Waals surface area contributed by atoms with Gasteiger partial charge in [-0.2, -0.15) is 0 Å². The Kier molecular flexibility index (Phi) is 5.51. The van der Waals surface area contributed by atoms with Gasteiger partial charge in [0.1, 0.15) is 12.4 Å². The van der Waals surface area contributed by atoms with Gasteiger partial charge in [-0.15, -0.1) is 21.5 Å². The summed E-state index contributed by atoms with van der Waals surface area (Å²) >= 11 is 4.75. The van der Waals surface area contributed by atoms with E-state index in [0.29, 0.717) is 5.13 Å². The predicted molar refractivity (Wildman–Crippen MR) is 112 cm³/mol. The number of hydrogen-bond acceptors (Lipinski definition) is 7. The van der Waals surface area contributed by atoms with Crippen molar-refractivity contribution < 1.29 is 4.79 Å². The molecule has 0 aliphatic carbocycles. The van der Waals surface area contributed by atoms with E-state index in [1.54, 1.807) is 23.1 Å². The Morgan fingerprint density at radius 1 is 1.22 bits per heavy atom. The Morgan fingerprint density at radius 3 is 2.93 bits per heavy atom. The maximum absolute atomic E-state index is 12.5. The number of aryl methyl sites for hydroxylation is 1. The van der Waals surface area contributed by atoms with Gasteiger partial charge in [0.25, 0.3) is 0 Å². The molecule has 0 spiro atoms. The van der Waals surface area contributed by atoms with Crippen molar-refractivity contribution in [1.82, 2.24) is 19.7 Å². The molecule has 3 aromatic heterocycles. The van der Waals surface area contributed by atoms with Gasteiger partial charge in [0.2, 0.25) is 11.0 Å². The first kappa shape index (κ1) is 18.1. The Morgan fingerprint density at radius 2 is 2.11 bits per heavy atom. The molecule has 6 nitrogen and oxygen atoms in total. The van der Waals surface area contributed by atoms with Gasteiger partial charge in [0, 0.05) is 17.1 Å².